The van der Waals surface area contributed by atoms with Crippen molar-refractivity contribution < 1.29 is 9.90 Å². The molecule has 0 aromatic carbocycles. The first kappa shape index (κ1) is 8.08. The molecule has 1 aromatic heterocycles. The average molecular weight is 163 g/mol. The van der Waals surface area contributed by atoms with Crippen molar-refractivity contribution in [2.24, 2.45) is 0 Å². The van der Waals surface area contributed by atoms with Crippen LogP contribution in [0.4, 0.5) is 0 Å². The van der Waals surface area contributed by atoms with Crippen LogP contribution in [0.15, 0.2) is 23.3 Å². The Bertz CT molecular complexity index is 408. The second kappa shape index (κ2) is 3.39. The molecule has 0 saturated carbocycles. The van der Waals surface area contributed by atoms with Gasteiger partial charge in [0, 0.05) is 24.4 Å². The minimum atomic E-state index is -1.25. The quantitative estimate of drug-likeness (QED) is 0.521. The van der Waals surface area contributed by atoms with Gasteiger partial charge in [0.05, 0.1) is 5.56 Å². The predicted molar refractivity (Wildman–Crippen MR) is 41.6 cm³/mol. The Morgan fingerprint density at radius 2 is 2.33 bits per heavy atom. The van der Waals surface area contributed by atoms with E-state index < -0.39 is 5.97 Å². The number of aromatic amines is 1. The summed E-state index contributed by atoms with van der Waals surface area (Å²) >= 11 is 0. The zero-order valence-electron chi connectivity index (χ0n) is 6.00. The van der Waals surface area contributed by atoms with Gasteiger partial charge in [0.15, 0.2) is 5.43 Å². The lowest BCUT2D eigenvalue weighted by molar-refractivity contribution is -0.130. The zero-order valence-corrected chi connectivity index (χ0v) is 6.00. The van der Waals surface area contributed by atoms with Crippen LogP contribution >= 0.6 is 0 Å². The van der Waals surface area contributed by atoms with E-state index in [1.807, 2.05) is 5.92 Å². The van der Waals surface area contributed by atoms with E-state index in [0.717, 1.165) is 0 Å². The Labute approximate surface area is 67.9 Å². The molecule has 1 heterocycles. The maximum absolute atomic E-state index is 10.9. The van der Waals surface area contributed by atoms with Gasteiger partial charge in [-0.05, 0) is 5.92 Å². The summed E-state index contributed by atoms with van der Waals surface area (Å²) in [6, 6.07) is 1.28. The van der Waals surface area contributed by atoms with Crippen LogP contribution in [-0.2, 0) is 4.79 Å². The molecular formula is C8H5NO3. The van der Waals surface area contributed by atoms with E-state index in [9.17, 15) is 9.59 Å². The van der Waals surface area contributed by atoms with Crippen LogP contribution in [0.25, 0.3) is 0 Å². The first-order chi connectivity index (χ1) is 5.70. The predicted octanol–water partition coefficient (Wildman–Crippen LogP) is -0.189. The van der Waals surface area contributed by atoms with Crippen LogP contribution in [0, 0.1) is 11.8 Å². The van der Waals surface area contributed by atoms with Gasteiger partial charge >= 0.3 is 5.97 Å². The van der Waals surface area contributed by atoms with Crippen LogP contribution in [0.1, 0.15) is 5.56 Å². The van der Waals surface area contributed by atoms with Crippen molar-refractivity contribution in [3.8, 4) is 11.8 Å². The Kier molecular flexibility index (Phi) is 2.29. The zero-order chi connectivity index (χ0) is 8.97. The van der Waals surface area contributed by atoms with Gasteiger partial charge in [-0.1, -0.05) is 0 Å². The van der Waals surface area contributed by atoms with E-state index in [4.69, 9.17) is 5.11 Å². The van der Waals surface area contributed by atoms with Gasteiger partial charge in [0.2, 0.25) is 0 Å². The number of carbonyl (C=O) groups is 1. The van der Waals surface area contributed by atoms with E-state index >= 15 is 0 Å². The third-order valence-electron chi connectivity index (χ3n) is 1.13. The number of hydrogen-bond acceptors (Lipinski definition) is 2. The summed E-state index contributed by atoms with van der Waals surface area (Å²) in [5.74, 6) is 2.82. The highest BCUT2D eigenvalue weighted by Gasteiger charge is 1.91. The molecule has 4 heteroatoms. The van der Waals surface area contributed by atoms with Crippen molar-refractivity contribution >= 4 is 5.97 Å². The van der Waals surface area contributed by atoms with Gasteiger partial charge in [-0.2, -0.15) is 0 Å². The molecule has 12 heavy (non-hydrogen) atoms. The summed E-state index contributed by atoms with van der Waals surface area (Å²) in [5.41, 5.74) is -0.137. The van der Waals surface area contributed by atoms with Gasteiger partial charge in [-0.3, -0.25) is 4.79 Å². The van der Waals surface area contributed by atoms with Crippen molar-refractivity contribution in [1.29, 1.82) is 0 Å². The number of aliphatic carboxylic acids is 1. The number of pyridine rings is 1. The number of carboxylic acid groups (broad SMARTS) is 1. The van der Waals surface area contributed by atoms with Crippen LogP contribution in [0.5, 0.6) is 0 Å². The summed E-state index contributed by atoms with van der Waals surface area (Å²) in [6.07, 6.45) is 2.81. The van der Waals surface area contributed by atoms with E-state index in [2.05, 4.69) is 10.9 Å². The fourth-order valence-electron chi connectivity index (χ4n) is 0.635. The number of aromatic nitrogens is 1. The van der Waals surface area contributed by atoms with Crippen molar-refractivity contribution in [2.75, 3.05) is 0 Å². The number of nitrogens with one attached hydrogen (secondary N) is 1. The lowest BCUT2D eigenvalue weighted by Gasteiger charge is -1.84. The Hall–Kier alpha value is -2.02. The second-order valence-electron chi connectivity index (χ2n) is 1.98. The fraction of sp³-hybridized carbons (Fsp3) is 0. The molecule has 1 rings (SSSR count). The minimum Gasteiger partial charge on any atom is -0.472 e. The molecule has 4 nitrogen and oxygen atoms in total. The number of carboxylic acids is 1. The Balaban J connectivity index is 3.08. The summed E-state index contributed by atoms with van der Waals surface area (Å²) in [5, 5.41) is 8.18. The molecular weight excluding hydrogens is 158 g/mol. The van der Waals surface area contributed by atoms with Gasteiger partial charge in [0.1, 0.15) is 0 Å². The number of rotatable bonds is 0. The third-order valence-corrected chi connectivity index (χ3v) is 1.13. The molecule has 0 bridgehead atoms. The van der Waals surface area contributed by atoms with Crippen LogP contribution in [0.3, 0.4) is 0 Å². The molecule has 0 aliphatic heterocycles. The maximum Gasteiger partial charge on any atom is 0.382 e. The topological polar surface area (TPSA) is 70.2 Å². The van der Waals surface area contributed by atoms with Crippen LogP contribution in [0.2, 0.25) is 0 Å². The molecule has 0 aliphatic carbocycles. The molecule has 0 aliphatic rings. The SMILES string of the molecule is O=C(O)C#Cc1c[nH]ccc1=O. The highest BCUT2D eigenvalue weighted by Crippen LogP contribution is 1.82. The summed E-state index contributed by atoms with van der Waals surface area (Å²) in [4.78, 5) is 23.5. The van der Waals surface area contributed by atoms with Gasteiger partial charge in [-0.15, -0.1) is 0 Å². The normalized spacial score (nSPS) is 8.33. The maximum atomic E-state index is 10.9. The van der Waals surface area contributed by atoms with Gasteiger partial charge < -0.3 is 10.1 Å². The fourth-order valence-corrected chi connectivity index (χ4v) is 0.635. The summed E-state index contributed by atoms with van der Waals surface area (Å²) < 4.78 is 0. The monoisotopic (exact) mass is 163 g/mol. The van der Waals surface area contributed by atoms with E-state index in [1.54, 1.807) is 0 Å². The molecule has 0 saturated heterocycles. The van der Waals surface area contributed by atoms with Crippen molar-refractivity contribution in [3.05, 3.63) is 34.2 Å². The average Bonchev–Trinajstić information content (AvgIpc) is 2.03. The molecule has 0 radical (unpaired) electrons. The van der Waals surface area contributed by atoms with E-state index in [0.29, 0.717) is 0 Å². The van der Waals surface area contributed by atoms with Crippen LogP contribution < -0.4 is 5.43 Å². The van der Waals surface area contributed by atoms with Crippen LogP contribution in [-0.4, -0.2) is 16.1 Å². The van der Waals surface area contributed by atoms with E-state index in [1.165, 1.54) is 18.5 Å². The molecule has 0 amide bonds. The number of hydrogen-bond donors (Lipinski definition) is 2. The van der Waals surface area contributed by atoms with Gasteiger partial charge in [0.25, 0.3) is 0 Å². The molecule has 0 fully saturated rings. The lowest BCUT2D eigenvalue weighted by atomic mass is 10.3. The van der Waals surface area contributed by atoms with Crippen molar-refractivity contribution in [1.82, 2.24) is 4.98 Å². The molecule has 0 spiro atoms. The Morgan fingerprint density at radius 3 is 2.92 bits per heavy atom. The third kappa shape index (κ3) is 1.99. The van der Waals surface area contributed by atoms with Crippen molar-refractivity contribution in [3.63, 3.8) is 0 Å². The smallest absolute Gasteiger partial charge is 0.382 e. The molecule has 2 N–H and O–H groups in total. The minimum absolute atomic E-state index is 0.153. The summed E-state index contributed by atoms with van der Waals surface area (Å²) in [7, 11) is 0. The molecule has 1 aromatic rings. The van der Waals surface area contributed by atoms with Gasteiger partial charge in [-0.25, -0.2) is 4.79 Å². The first-order valence-corrected chi connectivity index (χ1v) is 3.12. The second-order valence-corrected chi connectivity index (χ2v) is 1.98. The highest BCUT2D eigenvalue weighted by molar-refractivity contribution is 5.87. The largest absolute Gasteiger partial charge is 0.472 e. The number of H-pyrrole nitrogens is 1. The van der Waals surface area contributed by atoms with E-state index in [-0.39, 0.29) is 11.0 Å². The first-order valence-electron chi connectivity index (χ1n) is 3.12. The standard InChI is InChI=1S/C8H5NO3/c10-7-3-4-9-5-6(7)1-2-8(11)12/h3-5H,(H,9,10)(H,11,12). The lowest BCUT2D eigenvalue weighted by Crippen LogP contribution is -2.03. The molecule has 60 valence electrons. The molecule has 0 unspecified atom stereocenters. The highest BCUT2D eigenvalue weighted by atomic mass is 16.4. The van der Waals surface area contributed by atoms with Crippen molar-refractivity contribution in [2.45, 2.75) is 0 Å². The Morgan fingerprint density at radius 1 is 1.58 bits per heavy atom. The summed E-state index contributed by atoms with van der Waals surface area (Å²) in [6.45, 7) is 0. The molecule has 0 atom stereocenters.